The molecule has 0 radical (unpaired) electrons. The molecule has 0 saturated heterocycles. The Labute approximate surface area is 63.9 Å². The summed E-state index contributed by atoms with van der Waals surface area (Å²) in [5.74, 6) is -0.716. The second-order valence-electron chi connectivity index (χ2n) is 2.38. The second-order valence-corrected chi connectivity index (χ2v) is 2.38. The molecule has 1 atom stereocenters. The summed E-state index contributed by atoms with van der Waals surface area (Å²) in [5, 5.41) is 17.8. The molecule has 0 aliphatic heterocycles. The Balaban J connectivity index is 3.09. The summed E-state index contributed by atoms with van der Waals surface area (Å²) in [6, 6.07) is 3.67. The third kappa shape index (κ3) is 1.68. The van der Waals surface area contributed by atoms with Gasteiger partial charge in [0.15, 0.2) is 0 Å². The van der Waals surface area contributed by atoms with Gasteiger partial charge in [0, 0.05) is 11.6 Å². The Morgan fingerprint density at radius 3 is 2.55 bits per heavy atom. The molecule has 2 N–H and O–H groups in total. The standard InChI is InChI=1S/C8H9FO2/c1-5(10)7-3-2-6(11)4-8(7)9/h2-5,10-11H,1H3. The highest BCUT2D eigenvalue weighted by atomic mass is 19.1. The summed E-state index contributed by atoms with van der Waals surface area (Å²) in [7, 11) is 0. The first-order valence-electron chi connectivity index (χ1n) is 3.27. The maximum Gasteiger partial charge on any atom is 0.132 e. The summed E-state index contributed by atoms with van der Waals surface area (Å²) in [5.41, 5.74) is 0.197. The molecule has 1 unspecified atom stereocenters. The van der Waals surface area contributed by atoms with E-state index in [2.05, 4.69) is 0 Å². The van der Waals surface area contributed by atoms with Crippen LogP contribution in [0.2, 0.25) is 0 Å². The molecular formula is C8H9FO2. The van der Waals surface area contributed by atoms with Crippen LogP contribution in [0.4, 0.5) is 4.39 Å². The number of aliphatic hydroxyl groups excluding tert-OH is 1. The SMILES string of the molecule is CC(O)c1ccc(O)cc1F. The van der Waals surface area contributed by atoms with Crippen LogP contribution in [0.25, 0.3) is 0 Å². The van der Waals surface area contributed by atoms with Crippen molar-refractivity contribution in [2.45, 2.75) is 13.0 Å². The number of aromatic hydroxyl groups is 1. The van der Waals surface area contributed by atoms with Crippen molar-refractivity contribution in [3.8, 4) is 5.75 Å². The first kappa shape index (κ1) is 8.01. The first-order valence-corrected chi connectivity index (χ1v) is 3.27. The maximum absolute atomic E-state index is 12.8. The van der Waals surface area contributed by atoms with Crippen LogP contribution in [0, 0.1) is 5.82 Å². The van der Waals surface area contributed by atoms with Gasteiger partial charge in [-0.2, -0.15) is 0 Å². The first-order chi connectivity index (χ1) is 5.11. The zero-order valence-electron chi connectivity index (χ0n) is 6.08. The summed E-state index contributed by atoms with van der Waals surface area (Å²) < 4.78 is 12.8. The minimum atomic E-state index is -0.837. The van der Waals surface area contributed by atoms with Crippen LogP contribution in [-0.2, 0) is 0 Å². The zero-order valence-corrected chi connectivity index (χ0v) is 6.08. The number of benzene rings is 1. The number of phenols is 1. The van der Waals surface area contributed by atoms with E-state index >= 15 is 0 Å². The molecule has 0 fully saturated rings. The quantitative estimate of drug-likeness (QED) is 0.648. The molecule has 1 aromatic rings. The third-order valence-corrected chi connectivity index (χ3v) is 1.43. The van der Waals surface area contributed by atoms with E-state index in [1.807, 2.05) is 0 Å². The number of hydrogen-bond acceptors (Lipinski definition) is 2. The van der Waals surface area contributed by atoms with Crippen LogP contribution in [-0.4, -0.2) is 10.2 Å². The average molecular weight is 156 g/mol. The van der Waals surface area contributed by atoms with E-state index in [0.29, 0.717) is 0 Å². The number of aliphatic hydroxyl groups is 1. The van der Waals surface area contributed by atoms with Crippen molar-refractivity contribution < 1.29 is 14.6 Å². The Hall–Kier alpha value is -1.09. The summed E-state index contributed by atoms with van der Waals surface area (Å²) in [4.78, 5) is 0. The van der Waals surface area contributed by atoms with Crippen LogP contribution < -0.4 is 0 Å². The maximum atomic E-state index is 12.8. The van der Waals surface area contributed by atoms with E-state index < -0.39 is 11.9 Å². The molecule has 0 saturated carbocycles. The predicted molar refractivity (Wildman–Crippen MR) is 38.7 cm³/mol. The van der Waals surface area contributed by atoms with Gasteiger partial charge in [-0.1, -0.05) is 0 Å². The van der Waals surface area contributed by atoms with Crippen LogP contribution in [0.5, 0.6) is 5.75 Å². The van der Waals surface area contributed by atoms with Crippen molar-refractivity contribution in [3.05, 3.63) is 29.6 Å². The van der Waals surface area contributed by atoms with Gasteiger partial charge in [0.05, 0.1) is 6.10 Å². The molecule has 0 aliphatic rings. The smallest absolute Gasteiger partial charge is 0.132 e. The predicted octanol–water partition coefficient (Wildman–Crippen LogP) is 1.58. The molecule has 11 heavy (non-hydrogen) atoms. The zero-order chi connectivity index (χ0) is 8.43. The van der Waals surface area contributed by atoms with E-state index in [0.717, 1.165) is 6.07 Å². The molecule has 2 nitrogen and oxygen atoms in total. The van der Waals surface area contributed by atoms with Crippen LogP contribution >= 0.6 is 0 Å². The molecule has 0 amide bonds. The van der Waals surface area contributed by atoms with Crippen molar-refractivity contribution in [1.29, 1.82) is 0 Å². The fraction of sp³-hybridized carbons (Fsp3) is 0.250. The van der Waals surface area contributed by atoms with E-state index in [1.54, 1.807) is 0 Å². The summed E-state index contributed by atoms with van der Waals surface area (Å²) >= 11 is 0. The fourth-order valence-corrected chi connectivity index (χ4v) is 0.855. The lowest BCUT2D eigenvalue weighted by Gasteiger charge is -2.05. The van der Waals surface area contributed by atoms with E-state index in [-0.39, 0.29) is 11.3 Å². The van der Waals surface area contributed by atoms with Crippen molar-refractivity contribution >= 4 is 0 Å². The molecule has 3 heteroatoms. The molecule has 0 bridgehead atoms. The van der Waals surface area contributed by atoms with Gasteiger partial charge in [0.1, 0.15) is 11.6 Å². The van der Waals surface area contributed by atoms with Crippen LogP contribution in [0.15, 0.2) is 18.2 Å². The van der Waals surface area contributed by atoms with Gasteiger partial charge in [-0.15, -0.1) is 0 Å². The lowest BCUT2D eigenvalue weighted by Crippen LogP contribution is -1.94. The van der Waals surface area contributed by atoms with Crippen LogP contribution in [0.1, 0.15) is 18.6 Å². The topological polar surface area (TPSA) is 40.5 Å². The van der Waals surface area contributed by atoms with Gasteiger partial charge in [-0.3, -0.25) is 0 Å². The number of halogens is 1. The Bertz CT molecular complexity index is 258. The monoisotopic (exact) mass is 156 g/mol. The average Bonchev–Trinajstić information content (AvgIpc) is 1.85. The number of rotatable bonds is 1. The summed E-state index contributed by atoms with van der Waals surface area (Å²) in [6.07, 6.45) is -0.837. The fourth-order valence-electron chi connectivity index (χ4n) is 0.855. The largest absolute Gasteiger partial charge is 0.508 e. The van der Waals surface area contributed by atoms with Crippen molar-refractivity contribution in [2.24, 2.45) is 0 Å². The molecule has 1 rings (SSSR count). The lowest BCUT2D eigenvalue weighted by molar-refractivity contribution is 0.194. The number of phenolic OH excluding ortho intramolecular Hbond substituents is 1. The van der Waals surface area contributed by atoms with E-state index in [9.17, 15) is 4.39 Å². The Morgan fingerprint density at radius 1 is 1.45 bits per heavy atom. The van der Waals surface area contributed by atoms with Crippen LogP contribution in [0.3, 0.4) is 0 Å². The van der Waals surface area contributed by atoms with Gasteiger partial charge in [-0.25, -0.2) is 4.39 Å². The Kier molecular flexibility index (Phi) is 2.10. The minimum absolute atomic E-state index is 0.132. The minimum Gasteiger partial charge on any atom is -0.508 e. The van der Waals surface area contributed by atoms with Crippen molar-refractivity contribution in [3.63, 3.8) is 0 Å². The highest BCUT2D eigenvalue weighted by Gasteiger charge is 2.07. The van der Waals surface area contributed by atoms with E-state index in [1.165, 1.54) is 19.1 Å². The van der Waals surface area contributed by atoms with Crippen molar-refractivity contribution in [1.82, 2.24) is 0 Å². The molecule has 0 aromatic heterocycles. The van der Waals surface area contributed by atoms with Gasteiger partial charge in [0.25, 0.3) is 0 Å². The Morgan fingerprint density at radius 2 is 2.09 bits per heavy atom. The van der Waals surface area contributed by atoms with Gasteiger partial charge in [0.2, 0.25) is 0 Å². The molecule has 60 valence electrons. The second kappa shape index (κ2) is 2.88. The highest BCUT2D eigenvalue weighted by Crippen LogP contribution is 2.20. The molecule has 1 aromatic carbocycles. The molecule has 0 aliphatic carbocycles. The van der Waals surface area contributed by atoms with E-state index in [4.69, 9.17) is 10.2 Å². The lowest BCUT2D eigenvalue weighted by atomic mass is 10.1. The summed E-state index contributed by atoms with van der Waals surface area (Å²) in [6.45, 7) is 1.47. The molecule has 0 heterocycles. The molecule has 0 spiro atoms. The normalized spacial score (nSPS) is 13.0. The van der Waals surface area contributed by atoms with Gasteiger partial charge in [-0.05, 0) is 19.1 Å². The highest BCUT2D eigenvalue weighted by molar-refractivity contribution is 5.28. The van der Waals surface area contributed by atoms with Gasteiger partial charge < -0.3 is 10.2 Å². The number of hydrogen-bond donors (Lipinski definition) is 2. The van der Waals surface area contributed by atoms with Gasteiger partial charge >= 0.3 is 0 Å². The third-order valence-electron chi connectivity index (χ3n) is 1.43. The van der Waals surface area contributed by atoms with Crippen molar-refractivity contribution in [2.75, 3.05) is 0 Å². The molecular weight excluding hydrogens is 147 g/mol.